The highest BCUT2D eigenvalue weighted by molar-refractivity contribution is 7.98. The van der Waals surface area contributed by atoms with Gasteiger partial charge in [-0.2, -0.15) is 0 Å². The highest BCUT2D eigenvalue weighted by Gasteiger charge is 2.13. The van der Waals surface area contributed by atoms with Gasteiger partial charge in [-0.15, -0.1) is 10.2 Å². The fraction of sp³-hybridized carbons (Fsp3) is 0.0952. The lowest BCUT2D eigenvalue weighted by molar-refractivity contribution is 0.0697. The van der Waals surface area contributed by atoms with Crippen LogP contribution in [0.4, 0.5) is 0 Å². The molecule has 1 heterocycles. The average Bonchev–Trinajstić information content (AvgIpc) is 3.06. The molecule has 0 amide bonds. The van der Waals surface area contributed by atoms with E-state index in [1.807, 2.05) is 24.3 Å². The van der Waals surface area contributed by atoms with E-state index in [1.54, 1.807) is 18.2 Å². The third-order valence-corrected chi connectivity index (χ3v) is 5.52. The number of hydrogen-bond acceptors (Lipinski definition) is 5. The number of nitrogens with two attached hydrogens (primary N) is 1. The van der Waals surface area contributed by atoms with Gasteiger partial charge in [-0.25, -0.2) is 9.47 Å². The number of carboxylic acids is 1. The normalized spacial score (nSPS) is 11.0. The lowest BCUT2D eigenvalue weighted by Gasteiger charge is -2.07. The second kappa shape index (κ2) is 7.74. The Hall–Kier alpha value is -3.32. The van der Waals surface area contributed by atoms with E-state index in [1.165, 1.54) is 27.2 Å². The number of hydrogen-bond donors (Lipinski definition) is 2. The van der Waals surface area contributed by atoms with Gasteiger partial charge in [-0.1, -0.05) is 66.4 Å². The molecule has 4 rings (SSSR count). The monoisotopic (exact) mass is 390 g/mol. The van der Waals surface area contributed by atoms with Crippen molar-refractivity contribution in [2.45, 2.75) is 17.3 Å². The molecule has 1 aromatic heterocycles. The molecule has 7 heteroatoms. The predicted molar refractivity (Wildman–Crippen MR) is 110 cm³/mol. The SMILES string of the molecule is Nn1c(Cc2cccc3ccccc23)nnc1SCc1cccc(C(=O)O)c1. The molecule has 0 fully saturated rings. The summed E-state index contributed by atoms with van der Waals surface area (Å²) in [4.78, 5) is 11.1. The van der Waals surface area contributed by atoms with Crippen LogP contribution in [0.15, 0.2) is 71.9 Å². The van der Waals surface area contributed by atoms with Gasteiger partial charge in [0.1, 0.15) is 0 Å². The van der Waals surface area contributed by atoms with E-state index in [4.69, 9.17) is 10.9 Å². The molecule has 0 saturated carbocycles. The van der Waals surface area contributed by atoms with Gasteiger partial charge in [0, 0.05) is 12.2 Å². The maximum atomic E-state index is 11.1. The summed E-state index contributed by atoms with van der Waals surface area (Å²) < 4.78 is 1.51. The number of rotatable bonds is 6. The molecule has 3 N–H and O–H groups in total. The zero-order chi connectivity index (χ0) is 19.5. The van der Waals surface area contributed by atoms with E-state index in [2.05, 4.69) is 34.5 Å². The van der Waals surface area contributed by atoms with E-state index < -0.39 is 5.97 Å². The quantitative estimate of drug-likeness (QED) is 0.385. The molecule has 3 aromatic carbocycles. The van der Waals surface area contributed by atoms with Gasteiger partial charge in [0.15, 0.2) is 5.82 Å². The van der Waals surface area contributed by atoms with Crippen molar-refractivity contribution < 1.29 is 9.90 Å². The molecular weight excluding hydrogens is 372 g/mol. The lowest BCUT2D eigenvalue weighted by Crippen LogP contribution is -2.14. The fourth-order valence-electron chi connectivity index (χ4n) is 3.09. The number of thioether (sulfide) groups is 1. The maximum Gasteiger partial charge on any atom is 0.335 e. The first kappa shape index (κ1) is 18.1. The molecule has 0 bridgehead atoms. The molecule has 0 aliphatic carbocycles. The van der Waals surface area contributed by atoms with Crippen LogP contribution < -0.4 is 5.84 Å². The van der Waals surface area contributed by atoms with Crippen LogP contribution in [0.2, 0.25) is 0 Å². The number of carboxylic acid groups (broad SMARTS) is 1. The van der Waals surface area contributed by atoms with E-state index in [-0.39, 0.29) is 5.56 Å². The summed E-state index contributed by atoms with van der Waals surface area (Å²) in [6.07, 6.45) is 0.583. The van der Waals surface area contributed by atoms with Crippen LogP contribution in [-0.2, 0) is 12.2 Å². The molecule has 0 saturated heterocycles. The van der Waals surface area contributed by atoms with Crippen LogP contribution in [0.25, 0.3) is 10.8 Å². The van der Waals surface area contributed by atoms with Gasteiger partial charge in [-0.3, -0.25) is 0 Å². The van der Waals surface area contributed by atoms with Crippen molar-refractivity contribution in [1.82, 2.24) is 14.9 Å². The Morgan fingerprint density at radius 2 is 1.82 bits per heavy atom. The summed E-state index contributed by atoms with van der Waals surface area (Å²) in [5.74, 6) is 6.51. The first-order chi connectivity index (χ1) is 13.6. The number of aromatic carboxylic acids is 1. The average molecular weight is 390 g/mol. The molecule has 4 aromatic rings. The zero-order valence-electron chi connectivity index (χ0n) is 14.9. The molecule has 140 valence electrons. The van der Waals surface area contributed by atoms with Crippen molar-refractivity contribution in [3.8, 4) is 0 Å². The minimum Gasteiger partial charge on any atom is -0.478 e. The van der Waals surface area contributed by atoms with Gasteiger partial charge in [0.25, 0.3) is 0 Å². The maximum absolute atomic E-state index is 11.1. The van der Waals surface area contributed by atoms with Crippen molar-refractivity contribution >= 4 is 28.5 Å². The molecule has 0 aliphatic rings. The fourth-order valence-corrected chi connectivity index (χ4v) is 3.90. The van der Waals surface area contributed by atoms with Crippen LogP contribution in [-0.4, -0.2) is 25.9 Å². The first-order valence-electron chi connectivity index (χ1n) is 8.73. The predicted octanol–water partition coefficient (Wildman–Crippen LogP) is 3.73. The number of nitrogen functional groups attached to an aromatic ring is 1. The van der Waals surface area contributed by atoms with E-state index in [0.717, 1.165) is 11.1 Å². The van der Waals surface area contributed by atoms with E-state index in [9.17, 15) is 4.79 Å². The first-order valence-corrected chi connectivity index (χ1v) is 9.71. The Morgan fingerprint density at radius 3 is 2.68 bits per heavy atom. The third-order valence-electron chi connectivity index (χ3n) is 4.51. The Labute approximate surface area is 166 Å². The summed E-state index contributed by atoms with van der Waals surface area (Å²) in [5.41, 5.74) is 2.30. The molecule has 0 unspecified atom stereocenters. The second-order valence-corrected chi connectivity index (χ2v) is 7.32. The summed E-state index contributed by atoms with van der Waals surface area (Å²) in [7, 11) is 0. The number of carbonyl (C=O) groups is 1. The molecule has 28 heavy (non-hydrogen) atoms. The van der Waals surface area contributed by atoms with Gasteiger partial charge >= 0.3 is 5.97 Å². The topological polar surface area (TPSA) is 94.0 Å². The van der Waals surface area contributed by atoms with Crippen LogP contribution in [0.3, 0.4) is 0 Å². The van der Waals surface area contributed by atoms with Gasteiger partial charge in [-0.05, 0) is 34.0 Å². The summed E-state index contributed by atoms with van der Waals surface area (Å²) >= 11 is 1.43. The van der Waals surface area contributed by atoms with Crippen LogP contribution >= 0.6 is 11.8 Å². The minimum atomic E-state index is -0.939. The van der Waals surface area contributed by atoms with Crippen molar-refractivity contribution in [1.29, 1.82) is 0 Å². The largest absolute Gasteiger partial charge is 0.478 e. The van der Waals surface area contributed by atoms with Crippen molar-refractivity contribution in [2.24, 2.45) is 0 Å². The Bertz CT molecular complexity index is 1150. The Morgan fingerprint density at radius 1 is 1.04 bits per heavy atom. The number of benzene rings is 3. The standard InChI is InChI=1S/C21H18N4O2S/c22-25-19(12-16-8-4-7-15-6-1-2-10-18(15)16)23-24-21(25)28-13-14-5-3-9-17(11-14)20(26)27/h1-11H,12-13,22H2,(H,26,27). The molecule has 0 spiro atoms. The van der Waals surface area contributed by atoms with Crippen molar-refractivity contribution in [3.63, 3.8) is 0 Å². The molecule has 0 aliphatic heterocycles. The summed E-state index contributed by atoms with van der Waals surface area (Å²) in [6.45, 7) is 0. The smallest absolute Gasteiger partial charge is 0.335 e. The molecule has 6 nitrogen and oxygen atoms in total. The van der Waals surface area contributed by atoms with Gasteiger partial charge in [0.05, 0.1) is 5.56 Å². The number of fused-ring (bicyclic) bond motifs is 1. The molecule has 0 radical (unpaired) electrons. The second-order valence-electron chi connectivity index (χ2n) is 6.38. The highest BCUT2D eigenvalue weighted by atomic mass is 32.2. The van der Waals surface area contributed by atoms with Crippen LogP contribution in [0.5, 0.6) is 0 Å². The highest BCUT2D eigenvalue weighted by Crippen LogP contribution is 2.24. The van der Waals surface area contributed by atoms with E-state index in [0.29, 0.717) is 23.2 Å². The summed E-state index contributed by atoms with van der Waals surface area (Å²) in [6, 6.07) is 21.2. The molecule has 0 atom stereocenters. The van der Waals surface area contributed by atoms with Crippen molar-refractivity contribution in [3.05, 3.63) is 89.2 Å². The van der Waals surface area contributed by atoms with Gasteiger partial charge in [0.2, 0.25) is 5.16 Å². The van der Waals surface area contributed by atoms with Crippen molar-refractivity contribution in [2.75, 3.05) is 5.84 Å². The third kappa shape index (κ3) is 3.70. The zero-order valence-corrected chi connectivity index (χ0v) is 15.8. The minimum absolute atomic E-state index is 0.268. The van der Waals surface area contributed by atoms with Crippen LogP contribution in [0.1, 0.15) is 27.3 Å². The number of aromatic nitrogens is 3. The Kier molecular flexibility index (Phi) is 4.99. The number of nitrogens with zero attached hydrogens (tertiary/aromatic N) is 3. The van der Waals surface area contributed by atoms with Crippen LogP contribution in [0, 0.1) is 0 Å². The Balaban J connectivity index is 1.51. The lowest BCUT2D eigenvalue weighted by atomic mass is 10.0. The summed E-state index contributed by atoms with van der Waals surface area (Å²) in [5, 5.41) is 20.5. The molecular formula is C21H18N4O2S. The van der Waals surface area contributed by atoms with E-state index >= 15 is 0 Å². The van der Waals surface area contributed by atoms with Gasteiger partial charge < -0.3 is 10.9 Å².